The van der Waals surface area contributed by atoms with Gasteiger partial charge in [-0.15, -0.1) is 0 Å². The topological polar surface area (TPSA) is 76.2 Å². The van der Waals surface area contributed by atoms with E-state index in [1.54, 1.807) is 13.0 Å². The number of nitrogens with zero attached hydrogens (tertiary/aromatic N) is 1. The van der Waals surface area contributed by atoms with Gasteiger partial charge in [0, 0.05) is 11.8 Å². The van der Waals surface area contributed by atoms with Crippen molar-refractivity contribution in [3.63, 3.8) is 0 Å². The molecule has 14 heavy (non-hydrogen) atoms. The minimum Gasteiger partial charge on any atom is -0.478 e. The first-order valence-electron chi connectivity index (χ1n) is 4.15. The Morgan fingerprint density at radius 3 is 2.71 bits per heavy atom. The van der Waals surface area contributed by atoms with E-state index in [9.17, 15) is 4.79 Å². The largest absolute Gasteiger partial charge is 0.478 e. The van der Waals surface area contributed by atoms with Gasteiger partial charge in [-0.1, -0.05) is 0 Å². The second-order valence-electron chi connectivity index (χ2n) is 3.03. The van der Waals surface area contributed by atoms with E-state index in [4.69, 9.17) is 10.8 Å². The number of carbonyl (C=O) groups is 1. The molecule has 0 unspecified atom stereocenters. The van der Waals surface area contributed by atoms with Crippen LogP contribution in [0.5, 0.6) is 0 Å². The Kier molecular flexibility index (Phi) is 2.86. The lowest BCUT2D eigenvalue weighted by Crippen LogP contribution is -1.97. The van der Waals surface area contributed by atoms with Gasteiger partial charge in [-0.05, 0) is 37.1 Å². The summed E-state index contributed by atoms with van der Waals surface area (Å²) >= 11 is 0. The molecule has 1 aromatic rings. The summed E-state index contributed by atoms with van der Waals surface area (Å²) in [4.78, 5) is 14.4. The van der Waals surface area contributed by atoms with Crippen LogP contribution in [0.25, 0.3) is 6.08 Å². The molecule has 0 aromatic carbocycles. The molecule has 0 aliphatic carbocycles. The average molecular weight is 192 g/mol. The Bertz CT molecular complexity index is 374. The highest BCUT2D eigenvalue weighted by atomic mass is 16.4. The third kappa shape index (κ3) is 2.32. The quantitative estimate of drug-likeness (QED) is 0.694. The van der Waals surface area contributed by atoms with Crippen LogP contribution < -0.4 is 5.73 Å². The smallest absolute Gasteiger partial charge is 0.328 e. The van der Waals surface area contributed by atoms with Gasteiger partial charge in [0.25, 0.3) is 0 Å². The van der Waals surface area contributed by atoms with Crippen LogP contribution in [0.2, 0.25) is 0 Å². The van der Waals surface area contributed by atoms with Gasteiger partial charge in [-0.3, -0.25) is 0 Å². The van der Waals surface area contributed by atoms with Crippen LogP contribution in [0, 0.1) is 13.8 Å². The molecule has 1 aromatic heterocycles. The maximum Gasteiger partial charge on any atom is 0.328 e. The van der Waals surface area contributed by atoms with Crippen molar-refractivity contribution < 1.29 is 9.90 Å². The summed E-state index contributed by atoms with van der Waals surface area (Å²) in [5, 5.41) is 8.48. The van der Waals surface area contributed by atoms with E-state index in [1.807, 2.05) is 6.92 Å². The number of carboxylic acid groups (broad SMARTS) is 1. The first-order valence-corrected chi connectivity index (χ1v) is 4.15. The molecule has 4 heteroatoms. The van der Waals surface area contributed by atoms with Crippen LogP contribution in [0.4, 0.5) is 5.82 Å². The highest BCUT2D eigenvalue weighted by Gasteiger charge is 2.02. The molecule has 1 rings (SSSR count). The fourth-order valence-corrected chi connectivity index (χ4v) is 1.28. The standard InChI is InChI=1S/C10H12N2O2/c1-6-5-9(11)12-7(2)8(6)3-4-10(13)14/h3-5H,1-2H3,(H2,11,12)(H,13,14). The van der Waals surface area contributed by atoms with Gasteiger partial charge in [0.05, 0.1) is 0 Å². The number of aromatic nitrogens is 1. The Balaban J connectivity index is 3.15. The van der Waals surface area contributed by atoms with E-state index < -0.39 is 5.97 Å². The number of nitrogens with two attached hydrogens (primary N) is 1. The predicted octanol–water partition coefficient (Wildman–Crippen LogP) is 1.38. The monoisotopic (exact) mass is 192 g/mol. The Morgan fingerprint density at radius 1 is 1.57 bits per heavy atom. The summed E-state index contributed by atoms with van der Waals surface area (Å²) in [6.45, 7) is 3.66. The van der Waals surface area contributed by atoms with Crippen molar-refractivity contribution in [2.24, 2.45) is 0 Å². The number of carboxylic acids is 1. The van der Waals surface area contributed by atoms with Gasteiger partial charge in [0.15, 0.2) is 0 Å². The Morgan fingerprint density at radius 2 is 2.21 bits per heavy atom. The molecular weight excluding hydrogens is 180 g/mol. The molecule has 0 aliphatic heterocycles. The Hall–Kier alpha value is -1.84. The number of aryl methyl sites for hydroxylation is 2. The maximum absolute atomic E-state index is 10.3. The molecule has 0 atom stereocenters. The molecule has 0 spiro atoms. The summed E-state index contributed by atoms with van der Waals surface area (Å²) < 4.78 is 0. The second kappa shape index (κ2) is 3.91. The van der Waals surface area contributed by atoms with Gasteiger partial charge in [-0.2, -0.15) is 0 Å². The van der Waals surface area contributed by atoms with Gasteiger partial charge in [-0.25, -0.2) is 9.78 Å². The molecule has 1 heterocycles. The SMILES string of the molecule is Cc1cc(N)nc(C)c1C=CC(=O)O. The Labute approximate surface area is 82.1 Å². The van der Waals surface area contributed by atoms with E-state index in [0.717, 1.165) is 22.9 Å². The first kappa shape index (κ1) is 10.2. The molecule has 0 radical (unpaired) electrons. The van der Waals surface area contributed by atoms with Crippen molar-refractivity contribution in [3.05, 3.63) is 29.0 Å². The summed E-state index contributed by atoms with van der Waals surface area (Å²) in [5.41, 5.74) is 8.00. The van der Waals surface area contributed by atoms with Crippen LogP contribution in [0.3, 0.4) is 0 Å². The number of pyridine rings is 1. The van der Waals surface area contributed by atoms with E-state index in [2.05, 4.69) is 4.98 Å². The lowest BCUT2D eigenvalue weighted by atomic mass is 10.1. The zero-order valence-corrected chi connectivity index (χ0v) is 8.11. The van der Waals surface area contributed by atoms with Crippen molar-refractivity contribution in [2.75, 3.05) is 5.73 Å². The third-order valence-electron chi connectivity index (χ3n) is 1.87. The van der Waals surface area contributed by atoms with E-state index in [-0.39, 0.29) is 0 Å². The number of nitrogen functional groups attached to an aromatic ring is 1. The van der Waals surface area contributed by atoms with Crippen molar-refractivity contribution in [1.82, 2.24) is 4.98 Å². The molecule has 0 aliphatic rings. The second-order valence-corrected chi connectivity index (χ2v) is 3.03. The number of aliphatic carboxylic acids is 1. The van der Waals surface area contributed by atoms with Gasteiger partial charge in [0.1, 0.15) is 5.82 Å². The molecule has 4 nitrogen and oxygen atoms in total. The molecule has 0 saturated carbocycles. The lowest BCUT2D eigenvalue weighted by Gasteiger charge is -2.05. The van der Waals surface area contributed by atoms with Gasteiger partial charge >= 0.3 is 5.97 Å². The summed E-state index contributed by atoms with van der Waals surface area (Å²) in [6.07, 6.45) is 2.62. The first-order chi connectivity index (χ1) is 6.50. The highest BCUT2D eigenvalue weighted by Crippen LogP contribution is 2.15. The molecule has 0 saturated heterocycles. The molecule has 0 amide bonds. The summed E-state index contributed by atoms with van der Waals surface area (Å²) in [7, 11) is 0. The predicted molar refractivity (Wildman–Crippen MR) is 54.8 cm³/mol. The summed E-state index contributed by atoms with van der Waals surface area (Å²) in [6, 6.07) is 1.72. The fraction of sp³-hybridized carbons (Fsp3) is 0.200. The zero-order valence-electron chi connectivity index (χ0n) is 8.11. The van der Waals surface area contributed by atoms with Crippen LogP contribution in [-0.4, -0.2) is 16.1 Å². The number of hydrogen-bond donors (Lipinski definition) is 2. The van der Waals surface area contributed by atoms with E-state index in [1.165, 1.54) is 6.08 Å². The minimum absolute atomic E-state index is 0.451. The van der Waals surface area contributed by atoms with E-state index in [0.29, 0.717) is 5.82 Å². The van der Waals surface area contributed by atoms with Crippen LogP contribution in [-0.2, 0) is 4.79 Å². The van der Waals surface area contributed by atoms with Crippen molar-refractivity contribution >= 4 is 17.9 Å². The van der Waals surface area contributed by atoms with Crippen molar-refractivity contribution in [1.29, 1.82) is 0 Å². The third-order valence-corrected chi connectivity index (χ3v) is 1.87. The maximum atomic E-state index is 10.3. The highest BCUT2D eigenvalue weighted by molar-refractivity contribution is 5.85. The molecular formula is C10H12N2O2. The normalized spacial score (nSPS) is 10.7. The van der Waals surface area contributed by atoms with Crippen LogP contribution >= 0.6 is 0 Å². The molecule has 0 bridgehead atoms. The summed E-state index contributed by atoms with van der Waals surface area (Å²) in [5.74, 6) is -0.520. The molecule has 74 valence electrons. The average Bonchev–Trinajstić information content (AvgIpc) is 2.01. The number of rotatable bonds is 2. The number of anilines is 1. The zero-order chi connectivity index (χ0) is 10.7. The van der Waals surface area contributed by atoms with E-state index >= 15 is 0 Å². The van der Waals surface area contributed by atoms with Crippen LogP contribution in [0.15, 0.2) is 12.1 Å². The minimum atomic E-state index is -0.972. The number of hydrogen-bond acceptors (Lipinski definition) is 3. The van der Waals surface area contributed by atoms with Crippen molar-refractivity contribution in [2.45, 2.75) is 13.8 Å². The molecule has 0 fully saturated rings. The van der Waals surface area contributed by atoms with Crippen LogP contribution in [0.1, 0.15) is 16.8 Å². The molecule has 3 N–H and O–H groups in total. The fourth-order valence-electron chi connectivity index (χ4n) is 1.28. The van der Waals surface area contributed by atoms with Gasteiger partial charge < -0.3 is 10.8 Å². The lowest BCUT2D eigenvalue weighted by molar-refractivity contribution is -0.131. The van der Waals surface area contributed by atoms with Crippen molar-refractivity contribution in [3.8, 4) is 0 Å². The van der Waals surface area contributed by atoms with Gasteiger partial charge in [0.2, 0.25) is 0 Å².